The van der Waals surface area contributed by atoms with Gasteiger partial charge in [0, 0.05) is 51.1 Å². The lowest BCUT2D eigenvalue weighted by Gasteiger charge is -2.21. The number of likely N-dealkylation sites (tertiary alicyclic amines) is 1. The van der Waals surface area contributed by atoms with Gasteiger partial charge in [0.2, 0.25) is 11.5 Å². The molecule has 186 valence electrons. The lowest BCUT2D eigenvalue weighted by atomic mass is 9.98. The molecule has 36 heavy (non-hydrogen) atoms. The Morgan fingerprint density at radius 2 is 1.86 bits per heavy atom. The van der Waals surface area contributed by atoms with Crippen LogP contribution in [0, 0.1) is 5.92 Å². The molecule has 0 unspecified atom stereocenters. The number of hydrogen-bond donors (Lipinski definition) is 2. The second-order valence-corrected chi connectivity index (χ2v) is 9.40. The van der Waals surface area contributed by atoms with Crippen LogP contribution in [-0.4, -0.2) is 59.4 Å². The van der Waals surface area contributed by atoms with E-state index in [1.165, 1.54) is 4.90 Å². The molecule has 11 heteroatoms. The van der Waals surface area contributed by atoms with Crippen molar-refractivity contribution in [1.29, 1.82) is 0 Å². The van der Waals surface area contributed by atoms with Crippen molar-refractivity contribution in [3.63, 3.8) is 0 Å². The summed E-state index contributed by atoms with van der Waals surface area (Å²) in [6, 6.07) is 8.82. The van der Waals surface area contributed by atoms with Crippen molar-refractivity contribution in [3.05, 3.63) is 60.2 Å². The van der Waals surface area contributed by atoms with Crippen LogP contribution in [0.3, 0.4) is 0 Å². The van der Waals surface area contributed by atoms with Crippen LogP contribution in [0.1, 0.15) is 37.6 Å². The van der Waals surface area contributed by atoms with E-state index in [1.54, 1.807) is 36.1 Å². The molecule has 5 rings (SSSR count). The monoisotopic (exact) mass is 488 g/mol. The van der Waals surface area contributed by atoms with Crippen LogP contribution in [0.4, 0.5) is 5.95 Å². The van der Waals surface area contributed by atoms with E-state index in [0.29, 0.717) is 35.3 Å². The summed E-state index contributed by atoms with van der Waals surface area (Å²) >= 11 is 0. The maximum absolute atomic E-state index is 12.4. The topological polar surface area (TPSA) is 135 Å². The first-order valence-electron chi connectivity index (χ1n) is 11.8. The average molecular weight is 489 g/mol. The van der Waals surface area contributed by atoms with Crippen molar-refractivity contribution < 1.29 is 14.4 Å². The Morgan fingerprint density at radius 1 is 1.11 bits per heavy atom. The van der Waals surface area contributed by atoms with Crippen molar-refractivity contribution in [2.24, 2.45) is 13.0 Å². The van der Waals surface area contributed by atoms with Crippen LogP contribution < -0.4 is 5.32 Å². The number of amides is 1. The average Bonchev–Trinajstić information content (AvgIpc) is 3.60. The van der Waals surface area contributed by atoms with Gasteiger partial charge in [0.05, 0.1) is 29.3 Å². The summed E-state index contributed by atoms with van der Waals surface area (Å²) in [6.45, 7) is 4.69. The third-order valence-electron chi connectivity index (χ3n) is 6.39. The van der Waals surface area contributed by atoms with E-state index >= 15 is 0 Å². The molecular formula is C25H28N8O3. The number of aromatic nitrogens is 6. The summed E-state index contributed by atoms with van der Waals surface area (Å²) < 4.78 is 7.14. The van der Waals surface area contributed by atoms with Crippen molar-refractivity contribution in [2.75, 3.05) is 18.9 Å². The van der Waals surface area contributed by atoms with E-state index in [2.05, 4.69) is 39.4 Å². The summed E-state index contributed by atoms with van der Waals surface area (Å²) in [5.74, 6) is 0.476. The highest BCUT2D eigenvalue weighted by molar-refractivity contribution is 5.87. The van der Waals surface area contributed by atoms with E-state index in [1.807, 2.05) is 31.6 Å². The molecule has 4 aromatic heterocycles. The van der Waals surface area contributed by atoms with Gasteiger partial charge in [0.1, 0.15) is 5.69 Å². The molecule has 0 bridgehead atoms. The molecule has 0 radical (unpaired) electrons. The number of hydrogen-bond acceptors (Lipinski definition) is 9. The molecule has 4 aromatic rings. The van der Waals surface area contributed by atoms with E-state index < -0.39 is 11.5 Å². The third kappa shape index (κ3) is 4.33. The van der Waals surface area contributed by atoms with Crippen LogP contribution in [0.25, 0.3) is 22.8 Å². The van der Waals surface area contributed by atoms with Gasteiger partial charge in [-0.05, 0) is 24.1 Å². The van der Waals surface area contributed by atoms with Crippen molar-refractivity contribution >= 4 is 11.9 Å². The van der Waals surface area contributed by atoms with Crippen LogP contribution in [0.2, 0.25) is 0 Å². The van der Waals surface area contributed by atoms with Gasteiger partial charge in [0.15, 0.2) is 5.76 Å². The maximum Gasteiger partial charge on any atom is 0.262 e. The molecule has 11 nitrogen and oxygen atoms in total. The van der Waals surface area contributed by atoms with Gasteiger partial charge in [-0.25, -0.2) is 15.0 Å². The Kier molecular flexibility index (Phi) is 6.00. The normalized spacial score (nSPS) is 18.7. The second-order valence-electron chi connectivity index (χ2n) is 9.40. The fourth-order valence-corrected chi connectivity index (χ4v) is 4.34. The highest BCUT2D eigenvalue weighted by atomic mass is 16.5. The Balaban J connectivity index is 1.40. The van der Waals surface area contributed by atoms with Gasteiger partial charge in [-0.2, -0.15) is 5.10 Å². The van der Waals surface area contributed by atoms with Crippen molar-refractivity contribution in [2.45, 2.75) is 31.9 Å². The van der Waals surface area contributed by atoms with Gasteiger partial charge in [-0.3, -0.25) is 9.48 Å². The minimum Gasteiger partial charge on any atom is -0.373 e. The summed E-state index contributed by atoms with van der Waals surface area (Å²) in [5, 5.41) is 22.6. The lowest BCUT2D eigenvalue weighted by molar-refractivity contribution is -0.144. The zero-order valence-electron chi connectivity index (χ0n) is 20.6. The molecule has 0 aromatic carbocycles. The number of aliphatic hydroxyl groups is 1. The molecule has 1 aliphatic heterocycles. The molecule has 1 amide bonds. The molecule has 0 saturated carbocycles. The van der Waals surface area contributed by atoms with E-state index in [4.69, 9.17) is 9.51 Å². The number of anilines is 1. The van der Waals surface area contributed by atoms with Gasteiger partial charge in [-0.15, -0.1) is 0 Å². The molecule has 0 spiro atoms. The largest absolute Gasteiger partial charge is 0.373 e. The van der Waals surface area contributed by atoms with Crippen LogP contribution in [-0.2, 0) is 17.4 Å². The van der Waals surface area contributed by atoms with E-state index in [9.17, 15) is 9.90 Å². The number of aryl methyl sites for hydroxylation is 1. The standard InChI is InChI=1S/C25H28N8O3/c1-15(2)22(16-13-27-33(4)14-16)30-24-26-10-8-19(29-24)17-6-5-7-18(28-17)20-12-21(36-31-20)25(35)9-11-32(3)23(25)34/h5-8,10,12-15,22,35H,9,11H2,1-4H3,(H,26,29,30)/t22-,25+/m0/s1. The Morgan fingerprint density at radius 3 is 2.53 bits per heavy atom. The Bertz CT molecular complexity index is 1400. The summed E-state index contributed by atoms with van der Waals surface area (Å²) in [7, 11) is 3.53. The minimum atomic E-state index is -1.70. The maximum atomic E-state index is 12.4. The number of rotatable bonds is 7. The predicted molar refractivity (Wildman–Crippen MR) is 131 cm³/mol. The number of nitrogens with one attached hydrogen (secondary N) is 1. The zero-order chi connectivity index (χ0) is 25.4. The molecule has 1 fully saturated rings. The molecular weight excluding hydrogens is 460 g/mol. The first kappa shape index (κ1) is 23.6. The van der Waals surface area contributed by atoms with Gasteiger partial charge < -0.3 is 19.8 Å². The molecule has 1 aliphatic rings. The first-order chi connectivity index (χ1) is 17.2. The molecule has 2 N–H and O–H groups in total. The SMILES string of the molecule is CC(C)[C@H](Nc1nccc(-c2cccc(-c3cc([C@]4(O)CCN(C)C4=O)on3)n2)n1)c1cnn(C)c1. The number of likely N-dealkylation sites (N-methyl/N-ethyl adjacent to an activating group) is 1. The van der Waals surface area contributed by atoms with Gasteiger partial charge in [-0.1, -0.05) is 25.1 Å². The van der Waals surface area contributed by atoms with Crippen molar-refractivity contribution in [1.82, 2.24) is 34.8 Å². The molecule has 0 aliphatic carbocycles. The summed E-state index contributed by atoms with van der Waals surface area (Å²) in [4.78, 5) is 27.7. The van der Waals surface area contributed by atoms with Gasteiger partial charge in [0.25, 0.3) is 5.91 Å². The van der Waals surface area contributed by atoms with Gasteiger partial charge >= 0.3 is 0 Å². The minimum absolute atomic E-state index is 0.00931. The highest BCUT2D eigenvalue weighted by Gasteiger charge is 2.48. The molecule has 5 heterocycles. The lowest BCUT2D eigenvalue weighted by Crippen LogP contribution is -2.35. The predicted octanol–water partition coefficient (Wildman–Crippen LogP) is 2.79. The first-order valence-corrected chi connectivity index (χ1v) is 11.8. The summed E-state index contributed by atoms with van der Waals surface area (Å²) in [6.07, 6.45) is 5.75. The third-order valence-corrected chi connectivity index (χ3v) is 6.39. The second kappa shape index (κ2) is 9.15. The van der Waals surface area contributed by atoms with Crippen LogP contribution >= 0.6 is 0 Å². The fraction of sp³-hybridized carbons (Fsp3) is 0.360. The fourth-order valence-electron chi connectivity index (χ4n) is 4.34. The van der Waals surface area contributed by atoms with Crippen LogP contribution in [0.15, 0.2) is 53.4 Å². The number of pyridine rings is 1. The zero-order valence-corrected chi connectivity index (χ0v) is 20.6. The molecule has 2 atom stereocenters. The van der Waals surface area contributed by atoms with Crippen LogP contribution in [0.5, 0.6) is 0 Å². The summed E-state index contributed by atoms with van der Waals surface area (Å²) in [5.41, 5.74) is 1.57. The van der Waals surface area contributed by atoms with E-state index in [0.717, 1.165) is 5.56 Å². The number of carbonyl (C=O) groups excluding carboxylic acids is 1. The highest BCUT2D eigenvalue weighted by Crippen LogP contribution is 2.34. The molecule has 1 saturated heterocycles. The smallest absolute Gasteiger partial charge is 0.262 e. The Hall–Kier alpha value is -4.12. The van der Waals surface area contributed by atoms with Crippen molar-refractivity contribution in [3.8, 4) is 22.8 Å². The quantitative estimate of drug-likeness (QED) is 0.402. The number of nitrogens with zero attached hydrogens (tertiary/aromatic N) is 7. The number of carbonyl (C=O) groups is 1. The Labute approximate surface area is 208 Å². The van der Waals surface area contributed by atoms with E-state index in [-0.39, 0.29) is 24.1 Å².